The van der Waals surface area contributed by atoms with Crippen molar-refractivity contribution in [2.75, 3.05) is 0 Å². The standard InChI is InChI=1S/C10H14BrN5/c1-6(15-10(14)16-9(12)13)7-2-4-8(11)5-3-7/h2-6H,1H3,(H6,12,13,14,15,16). The van der Waals surface area contributed by atoms with Gasteiger partial charge in [-0.15, -0.1) is 0 Å². The minimum absolute atomic E-state index is 0.0791. The molecule has 0 aliphatic rings. The highest BCUT2D eigenvalue weighted by Gasteiger charge is 2.03. The molecule has 1 unspecified atom stereocenters. The Morgan fingerprint density at radius 2 is 1.75 bits per heavy atom. The van der Waals surface area contributed by atoms with Gasteiger partial charge in [-0.05, 0) is 24.6 Å². The van der Waals surface area contributed by atoms with Crippen molar-refractivity contribution in [2.24, 2.45) is 27.2 Å². The van der Waals surface area contributed by atoms with Crippen molar-refractivity contribution in [3.8, 4) is 0 Å². The fourth-order valence-electron chi connectivity index (χ4n) is 1.18. The van der Waals surface area contributed by atoms with Gasteiger partial charge in [0.1, 0.15) is 0 Å². The third-order valence-corrected chi connectivity index (χ3v) is 2.45. The van der Waals surface area contributed by atoms with Crippen LogP contribution in [-0.2, 0) is 0 Å². The van der Waals surface area contributed by atoms with Crippen LogP contribution >= 0.6 is 15.9 Å². The molecule has 0 amide bonds. The summed E-state index contributed by atoms with van der Waals surface area (Å²) in [6.07, 6.45) is 0. The Morgan fingerprint density at radius 3 is 2.25 bits per heavy atom. The molecule has 6 heteroatoms. The van der Waals surface area contributed by atoms with E-state index in [1.165, 1.54) is 0 Å². The van der Waals surface area contributed by atoms with Crippen LogP contribution in [0.3, 0.4) is 0 Å². The van der Waals surface area contributed by atoms with Crippen molar-refractivity contribution in [3.63, 3.8) is 0 Å². The van der Waals surface area contributed by atoms with Gasteiger partial charge in [-0.2, -0.15) is 4.99 Å². The lowest BCUT2D eigenvalue weighted by atomic mass is 10.1. The van der Waals surface area contributed by atoms with Crippen LogP contribution in [0.15, 0.2) is 38.7 Å². The molecule has 0 spiro atoms. The number of guanidine groups is 2. The minimum atomic E-state index is -0.0933. The lowest BCUT2D eigenvalue weighted by molar-refractivity contribution is 0.815. The third-order valence-electron chi connectivity index (χ3n) is 1.92. The SMILES string of the molecule is CC(N=C(N)N=C(N)N)c1ccc(Br)cc1. The van der Waals surface area contributed by atoms with Crippen LogP contribution in [0, 0.1) is 0 Å². The number of aliphatic imine (C=N–C) groups is 2. The van der Waals surface area contributed by atoms with Gasteiger partial charge in [0.15, 0.2) is 5.96 Å². The van der Waals surface area contributed by atoms with Crippen LogP contribution < -0.4 is 17.2 Å². The fourth-order valence-corrected chi connectivity index (χ4v) is 1.44. The summed E-state index contributed by atoms with van der Waals surface area (Å²) in [7, 11) is 0. The summed E-state index contributed by atoms with van der Waals surface area (Å²) in [5, 5.41) is 0. The molecule has 0 fully saturated rings. The van der Waals surface area contributed by atoms with Crippen molar-refractivity contribution in [1.29, 1.82) is 0 Å². The largest absolute Gasteiger partial charge is 0.370 e. The molecule has 6 N–H and O–H groups in total. The molecule has 1 aromatic carbocycles. The summed E-state index contributed by atoms with van der Waals surface area (Å²) in [6.45, 7) is 1.92. The first-order valence-corrected chi connectivity index (χ1v) is 5.46. The van der Waals surface area contributed by atoms with Gasteiger partial charge in [-0.1, -0.05) is 28.1 Å². The van der Waals surface area contributed by atoms with Crippen LogP contribution in [-0.4, -0.2) is 11.9 Å². The maximum absolute atomic E-state index is 5.54. The van der Waals surface area contributed by atoms with Gasteiger partial charge in [0.05, 0.1) is 6.04 Å². The topological polar surface area (TPSA) is 103 Å². The molecule has 0 aliphatic heterocycles. The number of nitrogens with zero attached hydrogens (tertiary/aromatic N) is 2. The number of halogens is 1. The van der Waals surface area contributed by atoms with Crippen molar-refractivity contribution in [3.05, 3.63) is 34.3 Å². The summed E-state index contributed by atoms with van der Waals surface area (Å²) >= 11 is 3.36. The Balaban J connectivity index is 2.83. The average Bonchev–Trinajstić information content (AvgIpc) is 2.16. The van der Waals surface area contributed by atoms with Crippen LogP contribution in [0.2, 0.25) is 0 Å². The zero-order valence-corrected chi connectivity index (χ0v) is 10.5. The van der Waals surface area contributed by atoms with Crippen LogP contribution in [0.1, 0.15) is 18.5 Å². The molecule has 1 aromatic rings. The second-order valence-corrected chi connectivity index (χ2v) is 4.17. The van der Waals surface area contributed by atoms with Crippen molar-refractivity contribution in [2.45, 2.75) is 13.0 Å². The summed E-state index contributed by atoms with van der Waals surface area (Å²) in [5.74, 6) is -0.0142. The molecular weight excluding hydrogens is 270 g/mol. The van der Waals surface area contributed by atoms with Gasteiger partial charge < -0.3 is 17.2 Å². The number of nitrogens with two attached hydrogens (primary N) is 3. The van der Waals surface area contributed by atoms with E-state index in [4.69, 9.17) is 17.2 Å². The maximum atomic E-state index is 5.54. The first-order valence-electron chi connectivity index (χ1n) is 4.67. The molecule has 0 saturated carbocycles. The molecule has 0 aliphatic carbocycles. The van der Waals surface area contributed by atoms with E-state index in [2.05, 4.69) is 25.9 Å². The second-order valence-electron chi connectivity index (χ2n) is 3.25. The zero-order valence-electron chi connectivity index (χ0n) is 8.89. The molecule has 0 heterocycles. The summed E-state index contributed by atoms with van der Waals surface area (Å²) in [6, 6.07) is 7.72. The number of hydrogen-bond acceptors (Lipinski definition) is 1. The molecule has 1 rings (SSSR count). The Hall–Kier alpha value is -1.56. The summed E-state index contributed by atoms with van der Waals surface area (Å²) in [5.41, 5.74) is 17.0. The highest BCUT2D eigenvalue weighted by atomic mass is 79.9. The van der Waals surface area contributed by atoms with Crippen molar-refractivity contribution in [1.82, 2.24) is 0 Å². The van der Waals surface area contributed by atoms with E-state index in [0.29, 0.717) is 0 Å². The Morgan fingerprint density at radius 1 is 1.19 bits per heavy atom. The molecule has 86 valence electrons. The predicted molar refractivity (Wildman–Crippen MR) is 70.0 cm³/mol. The lowest BCUT2D eigenvalue weighted by Gasteiger charge is -2.07. The van der Waals surface area contributed by atoms with E-state index in [1.807, 2.05) is 31.2 Å². The van der Waals surface area contributed by atoms with E-state index >= 15 is 0 Å². The van der Waals surface area contributed by atoms with Crippen LogP contribution in [0.5, 0.6) is 0 Å². The second kappa shape index (κ2) is 5.50. The average molecular weight is 284 g/mol. The summed E-state index contributed by atoms with van der Waals surface area (Å²) in [4.78, 5) is 7.80. The highest BCUT2D eigenvalue weighted by molar-refractivity contribution is 9.10. The van der Waals surface area contributed by atoms with E-state index in [0.717, 1.165) is 10.0 Å². The molecule has 0 radical (unpaired) electrons. The quantitative estimate of drug-likeness (QED) is 0.559. The Bertz CT molecular complexity index is 406. The third kappa shape index (κ3) is 3.90. The number of rotatable bonds is 2. The fraction of sp³-hybridized carbons (Fsp3) is 0.200. The molecule has 1 atom stereocenters. The van der Waals surface area contributed by atoms with Gasteiger partial charge in [0.25, 0.3) is 0 Å². The predicted octanol–water partition coefficient (Wildman–Crippen LogP) is 1.10. The highest BCUT2D eigenvalue weighted by Crippen LogP contribution is 2.19. The first-order chi connectivity index (χ1) is 7.49. The Labute approximate surface area is 103 Å². The minimum Gasteiger partial charge on any atom is -0.370 e. The Kier molecular flexibility index (Phi) is 4.30. The van der Waals surface area contributed by atoms with Crippen LogP contribution in [0.4, 0.5) is 0 Å². The molecule has 5 nitrogen and oxygen atoms in total. The summed E-state index contributed by atoms with van der Waals surface area (Å²) < 4.78 is 1.02. The maximum Gasteiger partial charge on any atom is 0.219 e. The van der Waals surface area contributed by atoms with E-state index in [1.54, 1.807) is 0 Å². The van der Waals surface area contributed by atoms with Gasteiger partial charge >= 0.3 is 0 Å². The lowest BCUT2D eigenvalue weighted by Crippen LogP contribution is -2.26. The molecule has 0 saturated heterocycles. The van der Waals surface area contributed by atoms with E-state index in [9.17, 15) is 0 Å². The first kappa shape index (κ1) is 12.5. The van der Waals surface area contributed by atoms with E-state index in [-0.39, 0.29) is 18.0 Å². The number of benzene rings is 1. The van der Waals surface area contributed by atoms with Crippen LogP contribution in [0.25, 0.3) is 0 Å². The van der Waals surface area contributed by atoms with E-state index < -0.39 is 0 Å². The normalized spacial score (nSPS) is 13.2. The van der Waals surface area contributed by atoms with Gasteiger partial charge in [0.2, 0.25) is 5.96 Å². The zero-order chi connectivity index (χ0) is 12.1. The van der Waals surface area contributed by atoms with Crippen molar-refractivity contribution < 1.29 is 0 Å². The van der Waals surface area contributed by atoms with Gasteiger partial charge in [-0.25, -0.2) is 4.99 Å². The molecule has 0 aromatic heterocycles. The van der Waals surface area contributed by atoms with Gasteiger partial charge in [-0.3, -0.25) is 0 Å². The van der Waals surface area contributed by atoms with Gasteiger partial charge in [0, 0.05) is 4.47 Å². The molecule has 16 heavy (non-hydrogen) atoms. The monoisotopic (exact) mass is 283 g/mol. The smallest absolute Gasteiger partial charge is 0.219 e. The molecular formula is C10H14BrN5. The van der Waals surface area contributed by atoms with Crippen molar-refractivity contribution >= 4 is 27.8 Å². The number of hydrogen-bond donors (Lipinski definition) is 3. The molecule has 0 bridgehead atoms.